The summed E-state index contributed by atoms with van der Waals surface area (Å²) in [5, 5.41) is 0. The van der Waals surface area contributed by atoms with Crippen molar-refractivity contribution >= 4 is 0 Å². The number of aromatic nitrogens is 1. The van der Waals surface area contributed by atoms with Crippen molar-refractivity contribution in [3.05, 3.63) is 30.1 Å². The van der Waals surface area contributed by atoms with E-state index in [1.54, 1.807) is 0 Å². The first-order chi connectivity index (χ1) is 8.65. The van der Waals surface area contributed by atoms with Gasteiger partial charge in [0.2, 0.25) is 0 Å². The highest BCUT2D eigenvalue weighted by atomic mass is 15.1. The number of pyridine rings is 1. The fourth-order valence-corrected chi connectivity index (χ4v) is 2.35. The van der Waals surface area contributed by atoms with E-state index >= 15 is 0 Å². The minimum atomic E-state index is 0.285. The lowest BCUT2D eigenvalue weighted by Crippen LogP contribution is -2.41. The zero-order chi connectivity index (χ0) is 13.4. The van der Waals surface area contributed by atoms with Crippen LogP contribution in [0.15, 0.2) is 24.5 Å². The third kappa shape index (κ3) is 4.39. The van der Waals surface area contributed by atoms with Crippen molar-refractivity contribution in [1.29, 1.82) is 0 Å². The largest absolute Gasteiger partial charge is 0.330 e. The van der Waals surface area contributed by atoms with Crippen molar-refractivity contribution in [3.8, 4) is 0 Å². The average Bonchev–Trinajstić information content (AvgIpc) is 2.44. The molecule has 0 radical (unpaired) electrons. The molecule has 3 nitrogen and oxygen atoms in total. The van der Waals surface area contributed by atoms with E-state index in [0.717, 1.165) is 38.9 Å². The average molecular weight is 249 g/mol. The van der Waals surface area contributed by atoms with E-state index < -0.39 is 0 Å². The number of rotatable bonds is 8. The molecule has 0 bridgehead atoms. The molecule has 0 atom stereocenters. The van der Waals surface area contributed by atoms with Crippen molar-refractivity contribution in [3.63, 3.8) is 0 Å². The molecule has 3 heteroatoms. The lowest BCUT2D eigenvalue weighted by atomic mass is 9.82. The Morgan fingerprint density at radius 1 is 1.22 bits per heavy atom. The van der Waals surface area contributed by atoms with Crippen LogP contribution in [0.2, 0.25) is 0 Å². The first-order valence-electron chi connectivity index (χ1n) is 6.93. The Hall–Kier alpha value is -0.930. The summed E-state index contributed by atoms with van der Waals surface area (Å²) in [7, 11) is 2.19. The molecule has 0 aromatic carbocycles. The summed E-state index contributed by atoms with van der Waals surface area (Å²) in [4.78, 5) is 6.44. The van der Waals surface area contributed by atoms with Gasteiger partial charge in [0.1, 0.15) is 0 Å². The molecule has 1 rings (SSSR count). The maximum atomic E-state index is 5.95. The van der Waals surface area contributed by atoms with Crippen LogP contribution >= 0.6 is 0 Å². The second kappa shape index (κ2) is 7.49. The van der Waals surface area contributed by atoms with Crippen LogP contribution in [0, 0.1) is 5.41 Å². The summed E-state index contributed by atoms with van der Waals surface area (Å²) >= 11 is 0. The van der Waals surface area contributed by atoms with Crippen LogP contribution in [0.5, 0.6) is 0 Å². The first kappa shape index (κ1) is 15.1. The van der Waals surface area contributed by atoms with E-state index in [1.165, 1.54) is 5.56 Å². The standard InChI is InChI=1S/C15H27N3/c1-4-15(5-2,12-16)13-18(3)11-8-14-6-9-17-10-7-14/h6-7,9-10H,4-5,8,11-13,16H2,1-3H3. The molecule has 102 valence electrons. The fourth-order valence-electron chi connectivity index (χ4n) is 2.35. The van der Waals surface area contributed by atoms with E-state index in [9.17, 15) is 0 Å². The highest BCUT2D eigenvalue weighted by molar-refractivity contribution is 5.09. The van der Waals surface area contributed by atoms with Crippen LogP contribution in [0.1, 0.15) is 32.3 Å². The Balaban J connectivity index is 2.43. The topological polar surface area (TPSA) is 42.1 Å². The fraction of sp³-hybridized carbons (Fsp3) is 0.667. The van der Waals surface area contributed by atoms with E-state index in [0.29, 0.717) is 0 Å². The molecule has 2 N–H and O–H groups in total. The molecule has 0 spiro atoms. The molecule has 0 aliphatic rings. The van der Waals surface area contributed by atoms with Crippen molar-refractivity contribution in [2.45, 2.75) is 33.1 Å². The zero-order valence-electron chi connectivity index (χ0n) is 12.0. The number of hydrogen-bond acceptors (Lipinski definition) is 3. The second-order valence-corrected chi connectivity index (χ2v) is 5.25. The van der Waals surface area contributed by atoms with Gasteiger partial charge in [-0.25, -0.2) is 0 Å². The lowest BCUT2D eigenvalue weighted by Gasteiger charge is -2.34. The van der Waals surface area contributed by atoms with E-state index in [2.05, 4.69) is 42.9 Å². The summed E-state index contributed by atoms with van der Waals surface area (Å²) in [6.45, 7) is 7.42. The predicted octanol–water partition coefficient (Wildman–Crippen LogP) is 2.32. The number of hydrogen-bond donors (Lipinski definition) is 1. The summed E-state index contributed by atoms with van der Waals surface area (Å²) in [5.74, 6) is 0. The first-order valence-corrected chi connectivity index (χ1v) is 6.93. The van der Waals surface area contributed by atoms with Crippen LogP contribution in [0.3, 0.4) is 0 Å². The number of nitrogens with zero attached hydrogens (tertiary/aromatic N) is 2. The Morgan fingerprint density at radius 3 is 2.33 bits per heavy atom. The Kier molecular flexibility index (Phi) is 6.30. The summed E-state index contributed by atoms with van der Waals surface area (Å²) in [6.07, 6.45) is 7.10. The Bertz CT molecular complexity index is 312. The molecule has 0 unspecified atom stereocenters. The summed E-state index contributed by atoms with van der Waals surface area (Å²) in [6, 6.07) is 4.17. The van der Waals surface area contributed by atoms with E-state index in [4.69, 9.17) is 5.73 Å². The van der Waals surface area contributed by atoms with Crippen LogP contribution in [0.25, 0.3) is 0 Å². The molecular formula is C15H27N3. The molecule has 1 aromatic heterocycles. The van der Waals surface area contributed by atoms with E-state index in [1.807, 2.05) is 12.4 Å². The second-order valence-electron chi connectivity index (χ2n) is 5.25. The van der Waals surface area contributed by atoms with Crippen LogP contribution in [-0.2, 0) is 6.42 Å². The Labute approximate surface area is 111 Å². The maximum absolute atomic E-state index is 5.95. The van der Waals surface area contributed by atoms with Crippen LogP contribution < -0.4 is 5.73 Å². The smallest absolute Gasteiger partial charge is 0.0270 e. The molecule has 0 aliphatic carbocycles. The minimum Gasteiger partial charge on any atom is -0.330 e. The molecule has 0 saturated carbocycles. The lowest BCUT2D eigenvalue weighted by molar-refractivity contribution is 0.168. The van der Waals surface area contributed by atoms with Gasteiger partial charge in [-0.15, -0.1) is 0 Å². The monoisotopic (exact) mass is 249 g/mol. The van der Waals surface area contributed by atoms with Gasteiger partial charge in [0.25, 0.3) is 0 Å². The number of likely N-dealkylation sites (N-methyl/N-ethyl adjacent to an activating group) is 1. The van der Waals surface area contributed by atoms with Crippen LogP contribution in [-0.4, -0.2) is 36.6 Å². The van der Waals surface area contributed by atoms with Crippen LogP contribution in [0.4, 0.5) is 0 Å². The molecule has 1 aromatic rings. The van der Waals surface area contributed by atoms with Crippen molar-refractivity contribution in [2.24, 2.45) is 11.1 Å². The molecule has 18 heavy (non-hydrogen) atoms. The maximum Gasteiger partial charge on any atom is 0.0270 e. The third-order valence-corrected chi connectivity index (χ3v) is 4.07. The van der Waals surface area contributed by atoms with Gasteiger partial charge in [-0.05, 0) is 56.0 Å². The third-order valence-electron chi connectivity index (χ3n) is 4.07. The summed E-state index contributed by atoms with van der Waals surface area (Å²) in [5.41, 5.74) is 7.58. The molecule has 1 heterocycles. The zero-order valence-corrected chi connectivity index (χ0v) is 12.0. The molecular weight excluding hydrogens is 222 g/mol. The number of nitrogens with two attached hydrogens (primary N) is 1. The van der Waals surface area contributed by atoms with Gasteiger partial charge in [-0.3, -0.25) is 4.98 Å². The van der Waals surface area contributed by atoms with Gasteiger partial charge in [-0.1, -0.05) is 13.8 Å². The normalized spacial score (nSPS) is 12.1. The van der Waals surface area contributed by atoms with Crippen molar-refractivity contribution in [2.75, 3.05) is 26.7 Å². The Morgan fingerprint density at radius 2 is 1.83 bits per heavy atom. The van der Waals surface area contributed by atoms with Gasteiger partial charge in [0.15, 0.2) is 0 Å². The van der Waals surface area contributed by atoms with Gasteiger partial charge in [0.05, 0.1) is 0 Å². The molecule has 0 aliphatic heterocycles. The minimum absolute atomic E-state index is 0.285. The predicted molar refractivity (Wildman–Crippen MR) is 77.5 cm³/mol. The van der Waals surface area contributed by atoms with Crippen molar-refractivity contribution < 1.29 is 0 Å². The van der Waals surface area contributed by atoms with Crippen molar-refractivity contribution in [1.82, 2.24) is 9.88 Å². The molecule has 0 amide bonds. The summed E-state index contributed by atoms with van der Waals surface area (Å²) < 4.78 is 0. The van der Waals surface area contributed by atoms with Gasteiger partial charge in [0, 0.05) is 25.5 Å². The molecule has 0 saturated heterocycles. The highest BCUT2D eigenvalue weighted by Crippen LogP contribution is 2.25. The van der Waals surface area contributed by atoms with E-state index in [-0.39, 0.29) is 5.41 Å². The SMILES string of the molecule is CCC(CC)(CN)CN(C)CCc1ccncc1. The molecule has 0 fully saturated rings. The van der Waals surface area contributed by atoms with Gasteiger partial charge >= 0.3 is 0 Å². The van der Waals surface area contributed by atoms with Gasteiger partial charge < -0.3 is 10.6 Å². The highest BCUT2D eigenvalue weighted by Gasteiger charge is 2.25. The quantitative estimate of drug-likeness (QED) is 0.769. The van der Waals surface area contributed by atoms with Gasteiger partial charge in [-0.2, -0.15) is 0 Å².